The van der Waals surface area contributed by atoms with Gasteiger partial charge in [-0.2, -0.15) is 0 Å². The molecule has 4 rings (SSSR count). The second kappa shape index (κ2) is 7.89. The number of aromatic nitrogens is 2. The van der Waals surface area contributed by atoms with E-state index in [1.807, 2.05) is 54.6 Å². The summed E-state index contributed by atoms with van der Waals surface area (Å²) in [6.07, 6.45) is 2.64. The number of benzene rings is 3. The highest BCUT2D eigenvalue weighted by Crippen LogP contribution is 2.25. The molecule has 0 atom stereocenters. The van der Waals surface area contributed by atoms with Crippen molar-refractivity contribution in [1.29, 1.82) is 0 Å². The van der Waals surface area contributed by atoms with Gasteiger partial charge < -0.3 is 10.1 Å². The summed E-state index contributed by atoms with van der Waals surface area (Å²) in [6, 6.07) is 22.2. The van der Waals surface area contributed by atoms with E-state index in [9.17, 15) is 8.42 Å². The molecule has 1 aromatic heterocycles. The monoisotopic (exact) mass is 405 g/mol. The average molecular weight is 405 g/mol. The Morgan fingerprint density at radius 3 is 2.48 bits per heavy atom. The number of nitrogens with zero attached hydrogens (tertiary/aromatic N) is 2. The zero-order valence-corrected chi connectivity index (χ0v) is 16.6. The van der Waals surface area contributed by atoms with Gasteiger partial charge in [-0.05, 0) is 48.0 Å². The number of fused-ring (bicyclic) bond motifs is 1. The van der Waals surface area contributed by atoms with E-state index in [0.717, 1.165) is 17.1 Å². The van der Waals surface area contributed by atoms with Crippen LogP contribution in [0.1, 0.15) is 5.56 Å². The van der Waals surface area contributed by atoms with E-state index >= 15 is 0 Å². The topological polar surface area (TPSA) is 81.2 Å². The quantitative estimate of drug-likeness (QED) is 0.511. The third-order valence-corrected chi connectivity index (χ3v) is 5.48. The first-order valence-corrected chi connectivity index (χ1v) is 10.9. The molecule has 0 spiro atoms. The number of hydrogen-bond acceptors (Lipinski definition) is 6. The minimum Gasteiger partial charge on any atom is -0.457 e. The predicted molar refractivity (Wildman–Crippen MR) is 113 cm³/mol. The first-order chi connectivity index (χ1) is 14.0. The minimum atomic E-state index is -3.31. The van der Waals surface area contributed by atoms with Crippen LogP contribution in [-0.2, 0) is 16.4 Å². The molecule has 3 aromatic carbocycles. The Labute approximate surface area is 169 Å². The molecular weight excluding hydrogens is 386 g/mol. The number of para-hydroxylation sites is 1. The van der Waals surface area contributed by atoms with Crippen molar-refractivity contribution in [3.05, 3.63) is 84.7 Å². The first-order valence-electron chi connectivity index (χ1n) is 8.99. The molecule has 0 saturated heterocycles. The van der Waals surface area contributed by atoms with E-state index in [4.69, 9.17) is 4.74 Å². The third kappa shape index (κ3) is 4.52. The Kier molecular flexibility index (Phi) is 5.14. The molecule has 4 aromatic rings. The highest BCUT2D eigenvalue weighted by Gasteiger charge is 2.11. The molecule has 29 heavy (non-hydrogen) atoms. The zero-order valence-electron chi connectivity index (χ0n) is 15.7. The van der Waals surface area contributed by atoms with Crippen molar-refractivity contribution in [2.45, 2.75) is 11.4 Å². The lowest BCUT2D eigenvalue weighted by molar-refractivity contribution is 0.482. The van der Waals surface area contributed by atoms with E-state index in [2.05, 4.69) is 15.3 Å². The van der Waals surface area contributed by atoms with E-state index < -0.39 is 9.84 Å². The smallest absolute Gasteiger partial charge is 0.175 e. The van der Waals surface area contributed by atoms with Crippen LogP contribution >= 0.6 is 0 Å². The molecule has 0 radical (unpaired) electrons. The van der Waals surface area contributed by atoms with Gasteiger partial charge in [0.1, 0.15) is 23.6 Å². The van der Waals surface area contributed by atoms with Crippen molar-refractivity contribution >= 4 is 26.6 Å². The normalized spacial score (nSPS) is 11.3. The Morgan fingerprint density at radius 1 is 0.897 bits per heavy atom. The van der Waals surface area contributed by atoms with Crippen molar-refractivity contribution in [2.24, 2.45) is 0 Å². The minimum absolute atomic E-state index is 0.237. The predicted octanol–water partition coefficient (Wildman–Crippen LogP) is 4.44. The first kappa shape index (κ1) is 18.9. The maximum atomic E-state index is 11.9. The van der Waals surface area contributed by atoms with Crippen LogP contribution in [0.4, 0.5) is 5.82 Å². The average Bonchev–Trinajstić information content (AvgIpc) is 2.72. The molecule has 7 heteroatoms. The lowest BCUT2D eigenvalue weighted by atomic mass is 10.2. The lowest BCUT2D eigenvalue weighted by Gasteiger charge is -2.11. The maximum Gasteiger partial charge on any atom is 0.175 e. The Bertz CT molecular complexity index is 1260. The Balaban J connectivity index is 1.56. The second-order valence-electron chi connectivity index (χ2n) is 6.59. The number of rotatable bonds is 6. The van der Waals surface area contributed by atoms with Crippen LogP contribution in [0.5, 0.6) is 11.5 Å². The van der Waals surface area contributed by atoms with Gasteiger partial charge in [0.25, 0.3) is 0 Å². The fraction of sp³-hybridized carbons (Fsp3) is 0.0909. The number of sulfone groups is 1. The summed E-state index contributed by atoms with van der Waals surface area (Å²) < 4.78 is 29.6. The summed E-state index contributed by atoms with van der Waals surface area (Å²) in [5.74, 6) is 2.09. The van der Waals surface area contributed by atoms with Crippen LogP contribution in [0.3, 0.4) is 0 Å². The van der Waals surface area contributed by atoms with Gasteiger partial charge in [-0.1, -0.05) is 30.3 Å². The molecule has 1 N–H and O–H groups in total. The van der Waals surface area contributed by atoms with Crippen LogP contribution < -0.4 is 10.1 Å². The van der Waals surface area contributed by atoms with Crippen molar-refractivity contribution in [1.82, 2.24) is 9.97 Å². The summed E-state index contributed by atoms with van der Waals surface area (Å²) in [6.45, 7) is 0.501. The maximum absolute atomic E-state index is 11.9. The van der Waals surface area contributed by atoms with Crippen LogP contribution in [-0.4, -0.2) is 24.6 Å². The third-order valence-electron chi connectivity index (χ3n) is 4.37. The van der Waals surface area contributed by atoms with E-state index in [0.29, 0.717) is 23.3 Å². The summed E-state index contributed by atoms with van der Waals surface area (Å²) in [5.41, 5.74) is 1.68. The fourth-order valence-corrected chi connectivity index (χ4v) is 3.58. The highest BCUT2D eigenvalue weighted by atomic mass is 32.2. The molecular formula is C22H19N3O3S. The Hall–Kier alpha value is -3.45. The summed E-state index contributed by atoms with van der Waals surface area (Å²) in [5, 5.41) is 3.93. The molecule has 0 aliphatic carbocycles. The number of nitrogens with one attached hydrogen (secondary N) is 1. The zero-order chi connectivity index (χ0) is 20.3. The van der Waals surface area contributed by atoms with Crippen molar-refractivity contribution < 1.29 is 13.2 Å². The number of hydrogen-bond donors (Lipinski definition) is 1. The SMILES string of the molecule is CS(=O)(=O)c1ccc2ncnc(NCc3cccc(Oc4ccccc4)c3)c2c1. The molecule has 146 valence electrons. The molecule has 0 unspecified atom stereocenters. The van der Waals surface area contributed by atoms with Gasteiger partial charge >= 0.3 is 0 Å². The van der Waals surface area contributed by atoms with E-state index in [1.54, 1.807) is 18.2 Å². The van der Waals surface area contributed by atoms with Crippen molar-refractivity contribution in [3.8, 4) is 11.5 Å². The molecule has 0 amide bonds. The molecule has 0 aliphatic rings. The van der Waals surface area contributed by atoms with Crippen molar-refractivity contribution in [2.75, 3.05) is 11.6 Å². The van der Waals surface area contributed by atoms with Gasteiger partial charge in [-0.3, -0.25) is 0 Å². The molecule has 0 fully saturated rings. The van der Waals surface area contributed by atoms with Gasteiger partial charge in [-0.15, -0.1) is 0 Å². The second-order valence-corrected chi connectivity index (χ2v) is 8.61. The number of ether oxygens (including phenoxy) is 1. The summed E-state index contributed by atoms with van der Waals surface area (Å²) in [4.78, 5) is 8.74. The Morgan fingerprint density at radius 2 is 1.69 bits per heavy atom. The van der Waals surface area contributed by atoms with Gasteiger partial charge in [-0.25, -0.2) is 18.4 Å². The van der Waals surface area contributed by atoms with Gasteiger partial charge in [0.15, 0.2) is 9.84 Å². The van der Waals surface area contributed by atoms with Gasteiger partial charge in [0.2, 0.25) is 0 Å². The fourth-order valence-electron chi connectivity index (χ4n) is 2.94. The number of anilines is 1. The van der Waals surface area contributed by atoms with Crippen molar-refractivity contribution in [3.63, 3.8) is 0 Å². The van der Waals surface area contributed by atoms with E-state index in [1.165, 1.54) is 12.6 Å². The standard InChI is InChI=1S/C22H19N3O3S/c1-29(26,27)19-10-11-21-20(13-19)22(25-15-24-21)23-14-16-6-5-9-18(12-16)28-17-7-3-2-4-8-17/h2-13,15H,14H2,1H3,(H,23,24,25). The van der Waals surface area contributed by atoms with Crippen LogP contribution in [0.25, 0.3) is 10.9 Å². The lowest BCUT2D eigenvalue weighted by Crippen LogP contribution is -2.04. The van der Waals surface area contributed by atoms with Gasteiger partial charge in [0, 0.05) is 18.2 Å². The van der Waals surface area contributed by atoms with E-state index in [-0.39, 0.29) is 4.90 Å². The summed E-state index contributed by atoms with van der Waals surface area (Å²) in [7, 11) is -3.31. The van der Waals surface area contributed by atoms with Gasteiger partial charge in [0.05, 0.1) is 10.4 Å². The molecule has 6 nitrogen and oxygen atoms in total. The van der Waals surface area contributed by atoms with Crippen LogP contribution in [0.15, 0.2) is 84.0 Å². The largest absolute Gasteiger partial charge is 0.457 e. The summed E-state index contributed by atoms with van der Waals surface area (Å²) >= 11 is 0. The molecule has 1 heterocycles. The molecule has 0 bridgehead atoms. The van der Waals surface area contributed by atoms with Crippen LogP contribution in [0.2, 0.25) is 0 Å². The van der Waals surface area contributed by atoms with Crippen LogP contribution in [0, 0.1) is 0 Å². The highest BCUT2D eigenvalue weighted by molar-refractivity contribution is 7.90. The molecule has 0 saturated carbocycles. The molecule has 0 aliphatic heterocycles.